The van der Waals surface area contributed by atoms with Crippen LogP contribution in [0.1, 0.15) is 24.4 Å². The number of hydrogen-bond donors (Lipinski definition) is 0. The molecule has 4 rings (SSSR count). The summed E-state index contributed by atoms with van der Waals surface area (Å²) in [6, 6.07) is 11.1. The van der Waals surface area contributed by atoms with E-state index in [0.717, 1.165) is 37.4 Å². The van der Waals surface area contributed by atoms with Gasteiger partial charge in [-0.15, -0.1) is 10.2 Å². The van der Waals surface area contributed by atoms with Crippen LogP contribution in [0.2, 0.25) is 0 Å². The van der Waals surface area contributed by atoms with Gasteiger partial charge in [0.2, 0.25) is 5.91 Å². The molecule has 0 radical (unpaired) electrons. The van der Waals surface area contributed by atoms with Crippen molar-refractivity contribution < 1.29 is 18.7 Å². The molecule has 0 spiro atoms. The highest BCUT2D eigenvalue weighted by Crippen LogP contribution is 2.22. The molecule has 30 heavy (non-hydrogen) atoms. The van der Waals surface area contributed by atoms with Crippen LogP contribution in [0.3, 0.4) is 0 Å². The van der Waals surface area contributed by atoms with Crippen molar-refractivity contribution in [2.75, 3.05) is 26.0 Å². The normalized spacial score (nSPS) is 13.6. The zero-order valence-electron chi connectivity index (χ0n) is 16.8. The van der Waals surface area contributed by atoms with Crippen LogP contribution in [0.25, 0.3) is 0 Å². The van der Waals surface area contributed by atoms with Crippen LogP contribution in [0.15, 0.2) is 52.2 Å². The summed E-state index contributed by atoms with van der Waals surface area (Å²) in [5.74, 6) is 3.41. The Balaban J connectivity index is 1.45. The first kappa shape index (κ1) is 20.3. The molecular weight excluding hydrogens is 404 g/mol. The van der Waals surface area contributed by atoms with E-state index in [9.17, 15) is 4.79 Å². The smallest absolute Gasteiger partial charge is 0.233 e. The Labute approximate surface area is 179 Å². The van der Waals surface area contributed by atoms with E-state index in [4.69, 9.17) is 13.9 Å². The number of thioether (sulfide) groups is 1. The summed E-state index contributed by atoms with van der Waals surface area (Å²) in [6.07, 6.45) is 3.80. The van der Waals surface area contributed by atoms with Gasteiger partial charge in [0.15, 0.2) is 11.0 Å². The van der Waals surface area contributed by atoms with Crippen molar-refractivity contribution in [3.63, 3.8) is 0 Å². The van der Waals surface area contributed by atoms with Crippen molar-refractivity contribution in [1.82, 2.24) is 19.7 Å². The average Bonchev–Trinajstić information content (AvgIpc) is 3.54. The van der Waals surface area contributed by atoms with Gasteiger partial charge in [0, 0.05) is 13.1 Å². The Kier molecular flexibility index (Phi) is 6.58. The largest absolute Gasteiger partial charge is 0.497 e. The van der Waals surface area contributed by atoms with Crippen LogP contribution in [0, 0.1) is 0 Å². The van der Waals surface area contributed by atoms with Gasteiger partial charge in [-0.05, 0) is 49.2 Å². The molecule has 9 heteroatoms. The van der Waals surface area contributed by atoms with E-state index in [2.05, 4.69) is 10.2 Å². The number of rotatable bonds is 9. The van der Waals surface area contributed by atoms with E-state index in [0.29, 0.717) is 29.0 Å². The maximum absolute atomic E-state index is 12.4. The first-order chi connectivity index (χ1) is 14.7. The van der Waals surface area contributed by atoms with Gasteiger partial charge in [0.05, 0.1) is 25.7 Å². The summed E-state index contributed by atoms with van der Waals surface area (Å²) in [5.41, 5.74) is 0. The number of carbonyl (C=O) groups is 1. The molecule has 1 aliphatic heterocycles. The molecule has 0 atom stereocenters. The Morgan fingerprint density at radius 2 is 1.90 bits per heavy atom. The highest BCUT2D eigenvalue weighted by molar-refractivity contribution is 7.99. The molecule has 1 fully saturated rings. The number of nitrogens with zero attached hydrogens (tertiary/aromatic N) is 4. The maximum atomic E-state index is 12.4. The molecule has 1 amide bonds. The second kappa shape index (κ2) is 9.71. The van der Waals surface area contributed by atoms with E-state index >= 15 is 0 Å². The van der Waals surface area contributed by atoms with E-state index in [-0.39, 0.29) is 12.5 Å². The number of hydrogen-bond acceptors (Lipinski definition) is 7. The van der Waals surface area contributed by atoms with Gasteiger partial charge in [0.1, 0.15) is 23.9 Å². The second-order valence-electron chi connectivity index (χ2n) is 6.91. The molecule has 0 N–H and O–H groups in total. The number of ether oxygens (including phenoxy) is 2. The van der Waals surface area contributed by atoms with Gasteiger partial charge in [-0.3, -0.25) is 9.36 Å². The summed E-state index contributed by atoms with van der Waals surface area (Å²) < 4.78 is 18.5. The molecular formula is C21H24N4O4S. The van der Waals surface area contributed by atoms with Crippen LogP contribution in [-0.4, -0.2) is 51.5 Å². The topological polar surface area (TPSA) is 82.6 Å². The standard InChI is InChI=1S/C21H24N4O4S/c1-27-16-6-8-17(9-7-16)29-14-19-22-23-21(25(19)13-18-5-4-12-28-18)30-15-20(26)24-10-2-3-11-24/h4-9,12H,2-3,10-11,13-15H2,1H3. The number of amides is 1. The zero-order chi connectivity index (χ0) is 20.8. The van der Waals surface area contributed by atoms with Crippen molar-refractivity contribution in [2.45, 2.75) is 31.1 Å². The molecule has 1 aromatic carbocycles. The van der Waals surface area contributed by atoms with Gasteiger partial charge in [-0.1, -0.05) is 11.8 Å². The fraction of sp³-hybridized carbons (Fsp3) is 0.381. The number of benzene rings is 1. The van der Waals surface area contributed by atoms with Crippen molar-refractivity contribution in [3.05, 3.63) is 54.2 Å². The minimum absolute atomic E-state index is 0.140. The maximum Gasteiger partial charge on any atom is 0.233 e. The highest BCUT2D eigenvalue weighted by atomic mass is 32.2. The molecule has 2 aromatic heterocycles. The van der Waals surface area contributed by atoms with Crippen molar-refractivity contribution in [3.8, 4) is 11.5 Å². The van der Waals surface area contributed by atoms with Gasteiger partial charge in [-0.25, -0.2) is 0 Å². The Hall–Kier alpha value is -2.94. The minimum Gasteiger partial charge on any atom is -0.497 e. The number of aromatic nitrogens is 3. The molecule has 0 aliphatic carbocycles. The molecule has 0 unspecified atom stereocenters. The first-order valence-corrected chi connectivity index (χ1v) is 10.8. The predicted octanol–water partition coefficient (Wildman–Crippen LogP) is 3.22. The number of furan rings is 1. The van der Waals surface area contributed by atoms with E-state index < -0.39 is 0 Å². The summed E-state index contributed by atoms with van der Waals surface area (Å²) in [7, 11) is 1.63. The lowest BCUT2D eigenvalue weighted by molar-refractivity contribution is -0.127. The van der Waals surface area contributed by atoms with Crippen LogP contribution in [-0.2, 0) is 17.9 Å². The lowest BCUT2D eigenvalue weighted by atomic mass is 10.3. The second-order valence-corrected chi connectivity index (χ2v) is 7.85. The molecule has 8 nitrogen and oxygen atoms in total. The fourth-order valence-corrected chi connectivity index (χ4v) is 4.11. The number of likely N-dealkylation sites (tertiary alicyclic amines) is 1. The van der Waals surface area contributed by atoms with E-state index in [1.807, 2.05) is 45.9 Å². The van der Waals surface area contributed by atoms with Crippen LogP contribution >= 0.6 is 11.8 Å². The molecule has 158 valence electrons. The molecule has 1 saturated heterocycles. The third-order valence-corrected chi connectivity index (χ3v) is 5.85. The first-order valence-electron chi connectivity index (χ1n) is 9.85. The summed E-state index contributed by atoms with van der Waals surface area (Å²) in [4.78, 5) is 14.3. The minimum atomic E-state index is 0.140. The molecule has 0 bridgehead atoms. The van der Waals surface area contributed by atoms with Crippen molar-refractivity contribution in [2.24, 2.45) is 0 Å². The number of carbonyl (C=O) groups excluding carboxylic acids is 1. The third kappa shape index (κ3) is 4.96. The summed E-state index contributed by atoms with van der Waals surface area (Å²) >= 11 is 1.40. The van der Waals surface area contributed by atoms with Gasteiger partial charge >= 0.3 is 0 Å². The Morgan fingerprint density at radius 3 is 2.60 bits per heavy atom. The SMILES string of the molecule is COc1ccc(OCc2nnc(SCC(=O)N3CCCC3)n2Cc2ccco2)cc1. The monoisotopic (exact) mass is 428 g/mol. The van der Waals surface area contributed by atoms with Crippen LogP contribution in [0.5, 0.6) is 11.5 Å². The molecule has 0 saturated carbocycles. The van der Waals surface area contributed by atoms with Gasteiger partial charge in [-0.2, -0.15) is 0 Å². The average molecular weight is 429 g/mol. The summed E-state index contributed by atoms with van der Waals surface area (Å²) in [6.45, 7) is 2.42. The lowest BCUT2D eigenvalue weighted by Gasteiger charge is -2.15. The summed E-state index contributed by atoms with van der Waals surface area (Å²) in [5, 5.41) is 9.27. The fourth-order valence-electron chi connectivity index (χ4n) is 3.25. The van der Waals surface area contributed by atoms with Gasteiger partial charge in [0.25, 0.3) is 0 Å². The van der Waals surface area contributed by atoms with Crippen LogP contribution < -0.4 is 9.47 Å². The Morgan fingerprint density at radius 1 is 1.13 bits per heavy atom. The lowest BCUT2D eigenvalue weighted by Crippen LogP contribution is -2.29. The highest BCUT2D eigenvalue weighted by Gasteiger charge is 2.20. The molecule has 3 heterocycles. The third-order valence-electron chi connectivity index (χ3n) is 4.90. The quantitative estimate of drug-likeness (QED) is 0.484. The zero-order valence-corrected chi connectivity index (χ0v) is 17.6. The van der Waals surface area contributed by atoms with Crippen molar-refractivity contribution >= 4 is 17.7 Å². The predicted molar refractivity (Wildman–Crippen MR) is 112 cm³/mol. The Bertz CT molecular complexity index is 950. The van der Waals surface area contributed by atoms with Crippen LogP contribution in [0.4, 0.5) is 0 Å². The van der Waals surface area contributed by atoms with E-state index in [1.54, 1.807) is 13.4 Å². The van der Waals surface area contributed by atoms with E-state index in [1.165, 1.54) is 11.8 Å². The van der Waals surface area contributed by atoms with Gasteiger partial charge < -0.3 is 18.8 Å². The number of methoxy groups -OCH3 is 1. The molecule has 1 aliphatic rings. The van der Waals surface area contributed by atoms with Crippen molar-refractivity contribution in [1.29, 1.82) is 0 Å². The molecule has 3 aromatic rings.